The summed E-state index contributed by atoms with van der Waals surface area (Å²) in [6.07, 6.45) is -0.764. The van der Waals surface area contributed by atoms with Gasteiger partial charge in [0.25, 0.3) is 0 Å². The molecule has 0 aliphatic carbocycles. The number of ether oxygens (including phenoxy) is 2. The monoisotopic (exact) mass is 258 g/mol. The highest BCUT2D eigenvalue weighted by Gasteiger charge is 2.59. The Labute approximate surface area is 104 Å². The summed E-state index contributed by atoms with van der Waals surface area (Å²) >= 11 is 0. The van der Waals surface area contributed by atoms with Crippen LogP contribution in [0.25, 0.3) is 0 Å². The molecule has 0 aromatic carbocycles. The third-order valence-electron chi connectivity index (χ3n) is 4.08. The van der Waals surface area contributed by atoms with Crippen molar-refractivity contribution in [2.45, 2.75) is 70.2 Å². The van der Waals surface area contributed by atoms with Crippen molar-refractivity contribution in [3.05, 3.63) is 0 Å². The molecule has 0 aromatic rings. The van der Waals surface area contributed by atoms with Gasteiger partial charge in [-0.15, -0.1) is 0 Å². The van der Waals surface area contributed by atoms with Crippen molar-refractivity contribution in [3.63, 3.8) is 0 Å². The lowest BCUT2D eigenvalue weighted by atomic mass is 10.1. The molecule has 0 radical (unpaired) electrons. The summed E-state index contributed by atoms with van der Waals surface area (Å²) in [6.45, 7) is 12.9. The lowest BCUT2D eigenvalue weighted by Gasteiger charge is -2.40. The van der Waals surface area contributed by atoms with Crippen molar-refractivity contribution in [3.8, 4) is 0 Å². The average molecular weight is 258 g/mol. The second kappa shape index (κ2) is 3.80. The molecule has 4 atom stereocenters. The number of hydrogen-bond acceptors (Lipinski definition) is 4. The number of carbonyl (C=O) groups excluding carboxylic acids is 1. The van der Waals surface area contributed by atoms with Gasteiger partial charge in [0.1, 0.15) is 18.3 Å². The molecule has 2 aliphatic rings. The Kier molecular flexibility index (Phi) is 2.92. The summed E-state index contributed by atoms with van der Waals surface area (Å²) in [4.78, 5) is 11.4. The normalized spacial score (nSPS) is 37.4. The van der Waals surface area contributed by atoms with E-state index < -0.39 is 8.32 Å². The SMILES string of the molecule is C[C@@H]1OC(=O)[C@@H]2O[C@@H]2[C@H]1O[Si](C)(C)C(C)(C)C. The summed E-state index contributed by atoms with van der Waals surface area (Å²) in [5, 5.41) is 0.151. The quantitative estimate of drug-likeness (QED) is 0.432. The van der Waals surface area contributed by atoms with E-state index in [1.165, 1.54) is 0 Å². The summed E-state index contributed by atoms with van der Waals surface area (Å²) in [5.74, 6) is -0.238. The van der Waals surface area contributed by atoms with E-state index in [9.17, 15) is 4.79 Å². The van der Waals surface area contributed by atoms with E-state index in [4.69, 9.17) is 13.9 Å². The fourth-order valence-corrected chi connectivity index (χ4v) is 3.19. The highest BCUT2D eigenvalue weighted by atomic mass is 28.4. The second-order valence-electron chi connectivity index (χ2n) is 6.51. The molecule has 0 N–H and O–H groups in total. The number of esters is 1. The van der Waals surface area contributed by atoms with Crippen molar-refractivity contribution >= 4 is 14.3 Å². The van der Waals surface area contributed by atoms with Crippen LogP contribution < -0.4 is 0 Å². The van der Waals surface area contributed by atoms with E-state index in [1.54, 1.807) is 0 Å². The summed E-state index contributed by atoms with van der Waals surface area (Å²) in [7, 11) is -1.84. The van der Waals surface area contributed by atoms with Gasteiger partial charge in [0, 0.05) is 0 Å². The van der Waals surface area contributed by atoms with Crippen molar-refractivity contribution in [1.29, 1.82) is 0 Å². The summed E-state index contributed by atoms with van der Waals surface area (Å²) < 4.78 is 16.9. The molecule has 4 nitrogen and oxygen atoms in total. The fourth-order valence-electron chi connectivity index (χ4n) is 1.83. The fraction of sp³-hybridized carbons (Fsp3) is 0.917. The van der Waals surface area contributed by atoms with Crippen LogP contribution in [0.15, 0.2) is 0 Å². The zero-order chi connectivity index (χ0) is 13.0. The maximum Gasteiger partial charge on any atom is 0.338 e. The van der Waals surface area contributed by atoms with E-state index in [0.29, 0.717) is 0 Å². The molecule has 0 saturated carbocycles. The Balaban J connectivity index is 2.07. The van der Waals surface area contributed by atoms with Gasteiger partial charge in [0.15, 0.2) is 14.4 Å². The van der Waals surface area contributed by atoms with Gasteiger partial charge in [-0.1, -0.05) is 20.8 Å². The number of fused-ring (bicyclic) bond motifs is 1. The third kappa shape index (κ3) is 2.28. The highest BCUT2D eigenvalue weighted by molar-refractivity contribution is 6.74. The average Bonchev–Trinajstić information content (AvgIpc) is 2.89. The minimum Gasteiger partial charge on any atom is -0.458 e. The molecule has 0 aromatic heterocycles. The molecule has 5 heteroatoms. The van der Waals surface area contributed by atoms with Gasteiger partial charge in [0.05, 0.1) is 0 Å². The Morgan fingerprint density at radius 3 is 2.41 bits per heavy atom. The minimum absolute atomic E-state index is 0.0830. The zero-order valence-corrected chi connectivity index (χ0v) is 12.4. The summed E-state index contributed by atoms with van der Waals surface area (Å²) in [6, 6.07) is 0. The molecule has 0 unspecified atom stereocenters. The van der Waals surface area contributed by atoms with Crippen LogP contribution in [0.2, 0.25) is 18.1 Å². The molecule has 2 rings (SSSR count). The van der Waals surface area contributed by atoms with Gasteiger partial charge >= 0.3 is 5.97 Å². The molecule has 17 heavy (non-hydrogen) atoms. The van der Waals surface area contributed by atoms with Crippen LogP contribution in [-0.4, -0.2) is 38.7 Å². The zero-order valence-electron chi connectivity index (χ0n) is 11.4. The maximum atomic E-state index is 11.4. The van der Waals surface area contributed by atoms with Crippen molar-refractivity contribution in [1.82, 2.24) is 0 Å². The predicted molar refractivity (Wildman–Crippen MR) is 66.3 cm³/mol. The molecule has 98 valence electrons. The van der Waals surface area contributed by atoms with Crippen LogP contribution in [0.1, 0.15) is 27.7 Å². The Bertz CT molecular complexity index is 332. The minimum atomic E-state index is -1.84. The predicted octanol–water partition coefficient (Wildman–Crippen LogP) is 2.09. The Morgan fingerprint density at radius 1 is 1.29 bits per heavy atom. The lowest BCUT2D eigenvalue weighted by Crippen LogP contribution is -2.52. The lowest BCUT2D eigenvalue weighted by molar-refractivity contribution is -0.157. The first-order valence-electron chi connectivity index (χ1n) is 6.17. The third-order valence-corrected chi connectivity index (χ3v) is 8.56. The first-order chi connectivity index (χ1) is 7.63. The molecular weight excluding hydrogens is 236 g/mol. The van der Waals surface area contributed by atoms with E-state index in [-0.39, 0.29) is 35.4 Å². The van der Waals surface area contributed by atoms with Gasteiger partial charge in [-0.3, -0.25) is 0 Å². The van der Waals surface area contributed by atoms with Gasteiger partial charge < -0.3 is 13.9 Å². The standard InChI is InChI=1S/C12H22O4Si/c1-7-8(9-10(15-9)11(13)14-7)16-17(5,6)12(2,3)4/h7-10H,1-6H3/t7-,8-,9+,10+/m0/s1. The second-order valence-corrected chi connectivity index (χ2v) is 11.3. The molecule has 2 heterocycles. The number of rotatable bonds is 2. The molecular formula is C12H22O4Si. The molecule has 2 fully saturated rings. The van der Waals surface area contributed by atoms with E-state index >= 15 is 0 Å². The first kappa shape index (κ1) is 13.0. The van der Waals surface area contributed by atoms with Crippen LogP contribution in [0.5, 0.6) is 0 Å². The number of cyclic esters (lactones) is 1. The first-order valence-corrected chi connectivity index (χ1v) is 9.08. The van der Waals surface area contributed by atoms with Crippen LogP contribution >= 0.6 is 0 Å². The topological polar surface area (TPSA) is 48.1 Å². The summed E-state index contributed by atoms with van der Waals surface area (Å²) in [5.41, 5.74) is 0. The van der Waals surface area contributed by atoms with Crippen LogP contribution in [0.3, 0.4) is 0 Å². The van der Waals surface area contributed by atoms with Crippen molar-refractivity contribution < 1.29 is 18.7 Å². The van der Waals surface area contributed by atoms with Gasteiger partial charge in [-0.05, 0) is 25.1 Å². The van der Waals surface area contributed by atoms with Crippen molar-refractivity contribution in [2.24, 2.45) is 0 Å². The molecule has 0 amide bonds. The molecule has 0 bridgehead atoms. The van der Waals surface area contributed by atoms with Gasteiger partial charge in [-0.2, -0.15) is 0 Å². The molecule has 0 spiro atoms. The van der Waals surface area contributed by atoms with Gasteiger partial charge in [0.2, 0.25) is 0 Å². The Morgan fingerprint density at radius 2 is 1.88 bits per heavy atom. The van der Waals surface area contributed by atoms with Gasteiger partial charge in [-0.25, -0.2) is 4.79 Å². The van der Waals surface area contributed by atoms with E-state index in [1.807, 2.05) is 6.92 Å². The largest absolute Gasteiger partial charge is 0.458 e. The van der Waals surface area contributed by atoms with Crippen molar-refractivity contribution in [2.75, 3.05) is 0 Å². The number of hydrogen-bond donors (Lipinski definition) is 0. The smallest absolute Gasteiger partial charge is 0.338 e. The van der Waals surface area contributed by atoms with E-state index in [0.717, 1.165) is 0 Å². The maximum absolute atomic E-state index is 11.4. The van der Waals surface area contributed by atoms with Crippen LogP contribution in [-0.2, 0) is 18.7 Å². The van der Waals surface area contributed by atoms with Crippen LogP contribution in [0, 0.1) is 0 Å². The molecule has 2 saturated heterocycles. The number of epoxide rings is 1. The molecule has 2 aliphatic heterocycles. The number of carbonyl (C=O) groups is 1. The van der Waals surface area contributed by atoms with E-state index in [2.05, 4.69) is 33.9 Å². The van der Waals surface area contributed by atoms with Crippen LogP contribution in [0.4, 0.5) is 0 Å². The Hall–Kier alpha value is -0.393. The highest BCUT2D eigenvalue weighted by Crippen LogP contribution is 2.42.